The maximum Gasteiger partial charge on any atom is 0.191 e. The van der Waals surface area contributed by atoms with Gasteiger partial charge in [-0.05, 0) is 25.0 Å². The average Bonchev–Trinajstić information content (AvgIpc) is 2.46. The number of hydrogen-bond donors (Lipinski definition) is 2. The van der Waals surface area contributed by atoms with Crippen LogP contribution in [0.5, 0.6) is 5.75 Å². The molecule has 0 saturated carbocycles. The molecule has 0 bridgehead atoms. The Labute approximate surface area is 156 Å². The van der Waals surface area contributed by atoms with E-state index in [1.807, 2.05) is 25.1 Å². The van der Waals surface area contributed by atoms with Gasteiger partial charge in [0.25, 0.3) is 0 Å². The highest BCUT2D eigenvalue weighted by molar-refractivity contribution is 14.0. The molecule has 8 heteroatoms. The highest BCUT2D eigenvalue weighted by Crippen LogP contribution is 2.19. The molecule has 1 aromatic carbocycles. The van der Waals surface area contributed by atoms with E-state index in [4.69, 9.17) is 4.74 Å². The zero-order valence-electron chi connectivity index (χ0n) is 14.0. The smallest absolute Gasteiger partial charge is 0.191 e. The lowest BCUT2D eigenvalue weighted by atomic mass is 10.1. The van der Waals surface area contributed by atoms with Gasteiger partial charge < -0.3 is 15.4 Å². The van der Waals surface area contributed by atoms with Gasteiger partial charge in [-0.3, -0.25) is 4.99 Å². The molecule has 0 saturated heterocycles. The van der Waals surface area contributed by atoms with Crippen molar-refractivity contribution < 1.29 is 13.2 Å². The van der Waals surface area contributed by atoms with Crippen LogP contribution < -0.4 is 15.4 Å². The molecular weight excluding hydrogens is 429 g/mol. The first-order chi connectivity index (χ1) is 10.4. The van der Waals surface area contributed by atoms with E-state index in [2.05, 4.69) is 15.6 Å². The number of ether oxygens (including phenoxy) is 1. The normalized spacial score (nSPS) is 11.6. The van der Waals surface area contributed by atoms with Gasteiger partial charge in [0.1, 0.15) is 15.6 Å². The molecule has 0 aliphatic rings. The standard InChI is InChI=1S/C15H25N3O3S.HI/c1-12-6-7-13(14(10-12)21-3)11-18-15(16-2)17-8-5-9-22(4,19)20;/h6-7,10H,5,8-9,11H2,1-4H3,(H2,16,17,18);1H. The maximum atomic E-state index is 11.1. The van der Waals surface area contributed by atoms with Crippen molar-refractivity contribution in [2.45, 2.75) is 19.9 Å². The Morgan fingerprint density at radius 2 is 2.00 bits per heavy atom. The van der Waals surface area contributed by atoms with Crippen LogP contribution in [0.25, 0.3) is 0 Å². The van der Waals surface area contributed by atoms with E-state index in [0.29, 0.717) is 25.5 Å². The largest absolute Gasteiger partial charge is 0.496 e. The Morgan fingerprint density at radius 3 is 2.57 bits per heavy atom. The topological polar surface area (TPSA) is 79.8 Å². The molecule has 2 N–H and O–H groups in total. The molecule has 1 rings (SSSR count). The quantitative estimate of drug-likeness (QED) is 0.283. The number of guanidine groups is 1. The Morgan fingerprint density at radius 1 is 1.30 bits per heavy atom. The lowest BCUT2D eigenvalue weighted by Crippen LogP contribution is -2.37. The highest BCUT2D eigenvalue weighted by Gasteiger charge is 2.05. The number of methoxy groups -OCH3 is 1. The Balaban J connectivity index is 0.00000484. The second kappa shape index (κ2) is 10.7. The Bertz CT molecular complexity index is 618. The number of aryl methyl sites for hydroxylation is 1. The van der Waals surface area contributed by atoms with Crippen LogP contribution in [0.4, 0.5) is 0 Å². The molecule has 0 aliphatic carbocycles. The summed E-state index contributed by atoms with van der Waals surface area (Å²) in [5.41, 5.74) is 2.18. The summed E-state index contributed by atoms with van der Waals surface area (Å²) in [6.07, 6.45) is 1.79. The predicted octanol–water partition coefficient (Wildman–Crippen LogP) is 1.72. The van der Waals surface area contributed by atoms with Gasteiger partial charge in [-0.2, -0.15) is 0 Å². The minimum atomic E-state index is -2.91. The van der Waals surface area contributed by atoms with Crippen LogP contribution in [0, 0.1) is 6.92 Å². The third-order valence-corrected chi connectivity index (χ3v) is 4.13. The number of nitrogens with zero attached hydrogens (tertiary/aromatic N) is 1. The zero-order valence-corrected chi connectivity index (χ0v) is 17.2. The first kappa shape index (κ1) is 22.0. The Hall–Kier alpha value is -1.03. The summed E-state index contributed by atoms with van der Waals surface area (Å²) >= 11 is 0. The monoisotopic (exact) mass is 455 g/mol. The molecule has 0 fully saturated rings. The van der Waals surface area contributed by atoms with Gasteiger partial charge in [-0.25, -0.2) is 8.42 Å². The van der Waals surface area contributed by atoms with Crippen molar-refractivity contribution in [3.63, 3.8) is 0 Å². The molecule has 23 heavy (non-hydrogen) atoms. The number of aliphatic imine (C=N–C) groups is 1. The molecule has 0 spiro atoms. The van der Waals surface area contributed by atoms with E-state index < -0.39 is 9.84 Å². The van der Waals surface area contributed by atoms with Crippen LogP contribution in [0.1, 0.15) is 17.5 Å². The lowest BCUT2D eigenvalue weighted by molar-refractivity contribution is 0.408. The summed E-state index contributed by atoms with van der Waals surface area (Å²) in [5, 5.41) is 6.28. The minimum absolute atomic E-state index is 0. The summed E-state index contributed by atoms with van der Waals surface area (Å²) in [6.45, 7) is 3.15. The maximum absolute atomic E-state index is 11.1. The number of benzene rings is 1. The second-order valence-electron chi connectivity index (χ2n) is 5.15. The van der Waals surface area contributed by atoms with Crippen molar-refractivity contribution in [2.24, 2.45) is 4.99 Å². The van der Waals surface area contributed by atoms with Crippen molar-refractivity contribution in [3.8, 4) is 5.75 Å². The third kappa shape index (κ3) is 8.99. The fourth-order valence-corrected chi connectivity index (χ4v) is 2.61. The van der Waals surface area contributed by atoms with Gasteiger partial charge in [-0.15, -0.1) is 24.0 Å². The van der Waals surface area contributed by atoms with E-state index in [9.17, 15) is 8.42 Å². The lowest BCUT2D eigenvalue weighted by Gasteiger charge is -2.14. The van der Waals surface area contributed by atoms with Crippen molar-refractivity contribution in [3.05, 3.63) is 29.3 Å². The average molecular weight is 455 g/mol. The van der Waals surface area contributed by atoms with E-state index in [-0.39, 0.29) is 29.7 Å². The van der Waals surface area contributed by atoms with Crippen LogP contribution >= 0.6 is 24.0 Å². The molecule has 0 unspecified atom stereocenters. The van der Waals surface area contributed by atoms with Gasteiger partial charge in [-0.1, -0.05) is 12.1 Å². The molecule has 0 amide bonds. The van der Waals surface area contributed by atoms with Crippen molar-refractivity contribution in [2.75, 3.05) is 32.7 Å². The zero-order chi connectivity index (χ0) is 16.6. The molecule has 0 aliphatic heterocycles. The first-order valence-corrected chi connectivity index (χ1v) is 9.17. The molecule has 0 aromatic heterocycles. The van der Waals surface area contributed by atoms with Gasteiger partial charge in [0, 0.05) is 32.0 Å². The van der Waals surface area contributed by atoms with Crippen LogP contribution in [-0.2, 0) is 16.4 Å². The molecule has 0 radical (unpaired) electrons. The highest BCUT2D eigenvalue weighted by atomic mass is 127. The van der Waals surface area contributed by atoms with Gasteiger partial charge in [0.15, 0.2) is 5.96 Å². The van der Waals surface area contributed by atoms with Gasteiger partial charge in [0.2, 0.25) is 0 Å². The van der Waals surface area contributed by atoms with Crippen molar-refractivity contribution >= 4 is 39.8 Å². The van der Waals surface area contributed by atoms with Crippen LogP contribution in [0.3, 0.4) is 0 Å². The third-order valence-electron chi connectivity index (χ3n) is 3.10. The van der Waals surface area contributed by atoms with E-state index >= 15 is 0 Å². The molecular formula is C15H26IN3O3S. The first-order valence-electron chi connectivity index (χ1n) is 7.11. The molecule has 1 aromatic rings. The fourth-order valence-electron chi connectivity index (χ4n) is 1.94. The summed E-state index contributed by atoms with van der Waals surface area (Å²) in [7, 11) is 0.414. The molecule has 132 valence electrons. The summed E-state index contributed by atoms with van der Waals surface area (Å²) in [4.78, 5) is 4.11. The number of rotatable bonds is 7. The summed E-state index contributed by atoms with van der Waals surface area (Å²) in [6, 6.07) is 6.03. The fraction of sp³-hybridized carbons (Fsp3) is 0.533. The number of halogens is 1. The van der Waals surface area contributed by atoms with Crippen LogP contribution in [0.2, 0.25) is 0 Å². The second-order valence-corrected chi connectivity index (χ2v) is 7.41. The number of sulfone groups is 1. The van der Waals surface area contributed by atoms with E-state index in [1.54, 1.807) is 14.2 Å². The number of nitrogens with one attached hydrogen (secondary N) is 2. The van der Waals surface area contributed by atoms with Crippen molar-refractivity contribution in [1.29, 1.82) is 0 Å². The Kier molecular flexibility index (Phi) is 10.2. The number of hydrogen-bond acceptors (Lipinski definition) is 4. The van der Waals surface area contributed by atoms with Gasteiger partial charge in [0.05, 0.1) is 12.9 Å². The molecule has 0 atom stereocenters. The van der Waals surface area contributed by atoms with Gasteiger partial charge >= 0.3 is 0 Å². The minimum Gasteiger partial charge on any atom is -0.496 e. The van der Waals surface area contributed by atoms with Crippen LogP contribution in [0.15, 0.2) is 23.2 Å². The van der Waals surface area contributed by atoms with Crippen molar-refractivity contribution in [1.82, 2.24) is 10.6 Å². The summed E-state index contributed by atoms with van der Waals surface area (Å²) in [5.74, 6) is 1.64. The van der Waals surface area contributed by atoms with Crippen LogP contribution in [-0.4, -0.2) is 47.1 Å². The van der Waals surface area contributed by atoms with E-state index in [1.165, 1.54) is 6.26 Å². The summed E-state index contributed by atoms with van der Waals surface area (Å²) < 4.78 is 27.5. The molecule has 6 nitrogen and oxygen atoms in total. The molecule has 0 heterocycles. The van der Waals surface area contributed by atoms with E-state index in [0.717, 1.165) is 16.9 Å². The predicted molar refractivity (Wildman–Crippen MR) is 106 cm³/mol. The SMILES string of the molecule is CN=C(NCCCS(C)(=O)=O)NCc1ccc(C)cc1OC.I.